The molecule has 8 atom stereocenters. The van der Waals surface area contributed by atoms with Gasteiger partial charge in [-0.1, -0.05) is 13.8 Å². The van der Waals surface area contributed by atoms with Gasteiger partial charge in [0.15, 0.2) is 5.76 Å². The van der Waals surface area contributed by atoms with Crippen LogP contribution in [0.15, 0.2) is 22.9 Å². The van der Waals surface area contributed by atoms with Gasteiger partial charge < -0.3 is 23.7 Å². The predicted molar refractivity (Wildman–Crippen MR) is 106 cm³/mol. The van der Waals surface area contributed by atoms with Gasteiger partial charge >= 0.3 is 11.9 Å². The second-order valence-electron chi connectivity index (χ2n) is 9.87. The van der Waals surface area contributed by atoms with Gasteiger partial charge in [0.1, 0.15) is 11.9 Å². The van der Waals surface area contributed by atoms with Gasteiger partial charge in [0.2, 0.25) is 11.5 Å². The SMILES string of the molecule is COC1=C(C)C(=O)O/C1=C1\O[C@]23CCCN4[C@H]([C@H]2[C@@H]1C)[C@@H](C[C@H]4[C@@H]1C[C@H](C)C(=O)O1)O3. The third-order valence-electron chi connectivity index (χ3n) is 8.23. The topological polar surface area (TPSA) is 83.5 Å². The van der Waals surface area contributed by atoms with E-state index in [-0.39, 0.29) is 48.0 Å². The smallest absolute Gasteiger partial charge is 0.343 e. The first kappa shape index (κ1) is 19.6. The van der Waals surface area contributed by atoms with E-state index in [9.17, 15) is 9.59 Å². The standard InChI is InChI=1S/C23H29NO7/c1-10-8-14(28-21(10)25)13-9-15-17-16-11(2)19(20-18(27-4)12(3)22(26)29-20)31-23(16,30-15)6-5-7-24(13)17/h10-11,13-17H,5-9H2,1-4H3/b20-19-/t10-,11-,13-,14-,15+,16+,17-,23+/m0/s1. The van der Waals surface area contributed by atoms with Crippen molar-refractivity contribution < 1.29 is 33.3 Å². The highest BCUT2D eigenvalue weighted by Gasteiger charge is 2.70. The van der Waals surface area contributed by atoms with E-state index in [1.807, 2.05) is 6.92 Å². The molecule has 0 aromatic rings. The monoisotopic (exact) mass is 431 g/mol. The summed E-state index contributed by atoms with van der Waals surface area (Å²) < 4.78 is 30.0. The Kier molecular flexibility index (Phi) is 4.10. The molecule has 8 nitrogen and oxygen atoms in total. The molecule has 31 heavy (non-hydrogen) atoms. The minimum absolute atomic E-state index is 0.0123. The molecular formula is C23H29NO7. The summed E-state index contributed by atoms with van der Waals surface area (Å²) in [6, 6.07) is 0.383. The Hall–Kier alpha value is -2.06. The van der Waals surface area contributed by atoms with Gasteiger partial charge in [0, 0.05) is 24.4 Å². The number of allylic oxidation sites excluding steroid dienone is 1. The minimum atomic E-state index is -0.696. The zero-order chi connectivity index (χ0) is 21.7. The van der Waals surface area contributed by atoms with Crippen molar-refractivity contribution in [3.63, 3.8) is 0 Å². The Bertz CT molecular complexity index is 925. The number of carbonyl (C=O) groups is 2. The van der Waals surface area contributed by atoms with Crippen LogP contribution in [0.3, 0.4) is 0 Å². The molecule has 8 heteroatoms. The zero-order valence-corrected chi connectivity index (χ0v) is 18.4. The maximum absolute atomic E-state index is 12.2. The molecule has 168 valence electrons. The summed E-state index contributed by atoms with van der Waals surface area (Å²) in [5.41, 5.74) is 0.456. The molecule has 6 rings (SSSR count). The zero-order valence-electron chi connectivity index (χ0n) is 18.4. The Morgan fingerprint density at radius 2 is 1.97 bits per heavy atom. The van der Waals surface area contributed by atoms with E-state index in [2.05, 4.69) is 11.8 Å². The molecule has 5 fully saturated rings. The fourth-order valence-electron chi connectivity index (χ4n) is 6.91. The van der Waals surface area contributed by atoms with E-state index in [4.69, 9.17) is 23.7 Å². The van der Waals surface area contributed by atoms with Gasteiger partial charge in [0.25, 0.3) is 0 Å². The second-order valence-corrected chi connectivity index (χ2v) is 9.87. The number of rotatable bonds is 2. The fourth-order valence-corrected chi connectivity index (χ4v) is 6.91. The highest BCUT2D eigenvalue weighted by Crippen LogP contribution is 2.61. The number of cyclic esters (lactones) is 2. The molecule has 0 spiro atoms. The number of ether oxygens (including phenoxy) is 5. The summed E-state index contributed by atoms with van der Waals surface area (Å²) in [6.45, 7) is 6.73. The van der Waals surface area contributed by atoms with Gasteiger partial charge in [-0.2, -0.15) is 0 Å². The molecule has 6 aliphatic rings. The van der Waals surface area contributed by atoms with Gasteiger partial charge in [-0.3, -0.25) is 9.69 Å². The molecule has 6 heterocycles. The average molecular weight is 431 g/mol. The van der Waals surface area contributed by atoms with Gasteiger partial charge in [0.05, 0.1) is 30.6 Å². The lowest BCUT2D eigenvalue weighted by Crippen LogP contribution is -2.47. The average Bonchev–Trinajstić information content (AvgIpc) is 3.44. The van der Waals surface area contributed by atoms with Crippen LogP contribution < -0.4 is 0 Å². The lowest BCUT2D eigenvalue weighted by atomic mass is 9.82. The van der Waals surface area contributed by atoms with Crippen LogP contribution in [-0.2, 0) is 33.3 Å². The van der Waals surface area contributed by atoms with E-state index < -0.39 is 11.8 Å². The van der Waals surface area contributed by atoms with Crippen molar-refractivity contribution in [3.8, 4) is 0 Å². The van der Waals surface area contributed by atoms with Crippen LogP contribution in [0, 0.1) is 17.8 Å². The third-order valence-corrected chi connectivity index (χ3v) is 8.23. The molecular weight excluding hydrogens is 402 g/mol. The maximum Gasteiger partial charge on any atom is 0.343 e. The Morgan fingerprint density at radius 1 is 1.16 bits per heavy atom. The van der Waals surface area contributed by atoms with E-state index >= 15 is 0 Å². The van der Waals surface area contributed by atoms with E-state index in [0.717, 1.165) is 32.2 Å². The Morgan fingerprint density at radius 3 is 2.68 bits per heavy atom. The van der Waals surface area contributed by atoms with Crippen molar-refractivity contribution in [1.82, 2.24) is 4.90 Å². The summed E-state index contributed by atoms with van der Waals surface area (Å²) in [5, 5.41) is 0. The van der Waals surface area contributed by atoms with Crippen LogP contribution in [0.5, 0.6) is 0 Å². The van der Waals surface area contributed by atoms with Crippen molar-refractivity contribution >= 4 is 11.9 Å². The highest BCUT2D eigenvalue weighted by atomic mass is 16.7. The fraction of sp³-hybridized carbons (Fsp3) is 0.739. The molecule has 0 aromatic carbocycles. The van der Waals surface area contributed by atoms with Crippen LogP contribution >= 0.6 is 0 Å². The summed E-state index contributed by atoms with van der Waals surface area (Å²) in [6.07, 6.45) is 3.34. The van der Waals surface area contributed by atoms with Crippen LogP contribution in [0.1, 0.15) is 46.5 Å². The predicted octanol–water partition coefficient (Wildman–Crippen LogP) is 2.24. The van der Waals surface area contributed by atoms with Crippen LogP contribution in [0.25, 0.3) is 0 Å². The summed E-state index contributed by atoms with van der Waals surface area (Å²) >= 11 is 0. The molecule has 0 unspecified atom stereocenters. The van der Waals surface area contributed by atoms with Crippen LogP contribution in [-0.4, -0.2) is 60.6 Å². The van der Waals surface area contributed by atoms with Crippen molar-refractivity contribution in [2.45, 2.75) is 76.5 Å². The van der Waals surface area contributed by atoms with E-state index in [0.29, 0.717) is 22.9 Å². The number of esters is 2. The molecule has 6 aliphatic heterocycles. The third kappa shape index (κ3) is 2.49. The maximum atomic E-state index is 12.2. The second kappa shape index (κ2) is 6.48. The quantitative estimate of drug-likeness (QED) is 0.616. The van der Waals surface area contributed by atoms with Crippen molar-refractivity contribution in [3.05, 3.63) is 22.9 Å². The first-order chi connectivity index (χ1) is 14.8. The van der Waals surface area contributed by atoms with Gasteiger partial charge in [-0.25, -0.2) is 4.79 Å². The number of nitrogens with zero attached hydrogens (tertiary/aromatic N) is 1. The number of hydrogen-bond donors (Lipinski definition) is 0. The lowest BCUT2D eigenvalue weighted by molar-refractivity contribution is -0.206. The molecule has 0 saturated carbocycles. The Labute approximate surface area is 181 Å². The van der Waals surface area contributed by atoms with Crippen LogP contribution in [0.2, 0.25) is 0 Å². The Balaban J connectivity index is 1.35. The largest absolute Gasteiger partial charge is 0.492 e. The number of methoxy groups -OCH3 is 1. The molecule has 0 radical (unpaired) electrons. The molecule has 0 aromatic heterocycles. The highest BCUT2D eigenvalue weighted by molar-refractivity contribution is 5.93. The summed E-state index contributed by atoms with van der Waals surface area (Å²) in [4.78, 5) is 26.7. The van der Waals surface area contributed by atoms with Crippen molar-refractivity contribution in [2.24, 2.45) is 17.8 Å². The first-order valence-corrected chi connectivity index (χ1v) is 11.4. The van der Waals surface area contributed by atoms with E-state index in [1.54, 1.807) is 14.0 Å². The number of carbonyl (C=O) groups excluding carboxylic acids is 2. The molecule has 2 bridgehead atoms. The number of hydrogen-bond acceptors (Lipinski definition) is 8. The lowest BCUT2D eigenvalue weighted by Gasteiger charge is -2.33. The molecule has 0 aliphatic carbocycles. The van der Waals surface area contributed by atoms with Gasteiger partial charge in [-0.05, 0) is 32.7 Å². The normalized spacial score (nSPS) is 48.6. The van der Waals surface area contributed by atoms with E-state index in [1.165, 1.54) is 0 Å². The molecule has 5 saturated heterocycles. The summed E-state index contributed by atoms with van der Waals surface area (Å²) in [7, 11) is 1.54. The first-order valence-electron chi connectivity index (χ1n) is 11.4. The minimum Gasteiger partial charge on any atom is -0.492 e. The van der Waals surface area contributed by atoms with Crippen LogP contribution in [0.4, 0.5) is 0 Å². The van der Waals surface area contributed by atoms with Crippen molar-refractivity contribution in [2.75, 3.05) is 13.7 Å². The molecule has 0 amide bonds. The summed E-state index contributed by atoms with van der Waals surface area (Å²) in [5.74, 6) is 0.408. The van der Waals surface area contributed by atoms with Crippen molar-refractivity contribution in [1.29, 1.82) is 0 Å². The molecule has 0 N–H and O–H groups in total. The van der Waals surface area contributed by atoms with Gasteiger partial charge in [-0.15, -0.1) is 0 Å².